The molecule has 2 heterocycles. The highest BCUT2D eigenvalue weighted by atomic mass is 16.7. The van der Waals surface area contributed by atoms with Crippen molar-refractivity contribution >= 4 is 35.8 Å². The summed E-state index contributed by atoms with van der Waals surface area (Å²) < 4.78 is 41.9. The minimum Gasteiger partial charge on any atom is -0.462 e. The highest BCUT2D eigenvalue weighted by molar-refractivity contribution is 5.89. The fourth-order valence-electron chi connectivity index (χ4n) is 7.89. The van der Waals surface area contributed by atoms with E-state index < -0.39 is 101 Å². The summed E-state index contributed by atoms with van der Waals surface area (Å²) in [4.78, 5) is 76.9. The molecule has 0 bridgehead atoms. The molecular formula is C32H44O13. The topological polar surface area (TPSA) is 170 Å². The molecular weight excluding hydrogens is 592 g/mol. The predicted molar refractivity (Wildman–Crippen MR) is 153 cm³/mol. The molecule has 13 heteroatoms. The number of hydrogen-bond donors (Lipinski definition) is 0. The van der Waals surface area contributed by atoms with Crippen LogP contribution in [-0.2, 0) is 61.9 Å². The molecule has 2 aliphatic carbocycles. The molecule has 0 unspecified atom stereocenters. The van der Waals surface area contributed by atoms with Gasteiger partial charge in [0.2, 0.25) is 0 Å². The zero-order valence-electron chi connectivity index (χ0n) is 27.3. The molecule has 11 atom stereocenters. The molecule has 4 rings (SSSR count). The molecule has 250 valence electrons. The standard InChI is InChI=1S/C32H44O13/c1-10-11-25(37)43-22-12-15(2)13-24-32(31(9,45-32)29(38)44-24)28(42-20(7)36)26-16(3)21(39-17(4)33)14-23(40-18(5)34)30(26,8)27(22)41-19(6)35/h13,16,21-24,26-28H,10-12,14H2,1-9H3/b15-13-/t16-,21-,22-,23-,24-,26+,27+,28-,30-,31-,32-/m0/s1. The van der Waals surface area contributed by atoms with Crippen molar-refractivity contribution in [3.05, 3.63) is 11.6 Å². The fraction of sp³-hybridized carbons (Fsp3) is 0.750. The van der Waals surface area contributed by atoms with Gasteiger partial charge < -0.3 is 33.2 Å². The van der Waals surface area contributed by atoms with E-state index in [1.165, 1.54) is 27.7 Å². The Morgan fingerprint density at radius 1 is 0.867 bits per heavy atom. The highest BCUT2D eigenvalue weighted by Crippen LogP contribution is 2.66. The molecule has 2 aliphatic heterocycles. The zero-order chi connectivity index (χ0) is 33.6. The summed E-state index contributed by atoms with van der Waals surface area (Å²) in [7, 11) is 0. The summed E-state index contributed by atoms with van der Waals surface area (Å²) in [5.41, 5.74) is -3.89. The highest BCUT2D eigenvalue weighted by Gasteiger charge is 2.87. The van der Waals surface area contributed by atoms with Crippen molar-refractivity contribution < 1.29 is 61.9 Å². The van der Waals surface area contributed by atoms with Gasteiger partial charge in [-0.3, -0.25) is 24.0 Å². The van der Waals surface area contributed by atoms with Crippen LogP contribution in [0, 0.1) is 17.3 Å². The number of carbonyl (C=O) groups excluding carboxylic acids is 6. The molecule has 0 N–H and O–H groups in total. The summed E-state index contributed by atoms with van der Waals surface area (Å²) in [6, 6.07) is 0. The number of hydrogen-bond acceptors (Lipinski definition) is 13. The molecule has 0 radical (unpaired) electrons. The zero-order valence-corrected chi connectivity index (χ0v) is 27.3. The van der Waals surface area contributed by atoms with Crippen LogP contribution in [0.5, 0.6) is 0 Å². The van der Waals surface area contributed by atoms with Crippen LogP contribution in [0.2, 0.25) is 0 Å². The van der Waals surface area contributed by atoms with Gasteiger partial charge in [0.1, 0.15) is 30.5 Å². The third-order valence-electron chi connectivity index (χ3n) is 9.74. The van der Waals surface area contributed by atoms with Gasteiger partial charge in [0.15, 0.2) is 17.3 Å². The Balaban J connectivity index is 2.07. The lowest BCUT2D eigenvalue weighted by molar-refractivity contribution is -0.247. The van der Waals surface area contributed by atoms with E-state index in [4.69, 9.17) is 33.2 Å². The van der Waals surface area contributed by atoms with Crippen molar-refractivity contribution in [2.45, 2.75) is 136 Å². The normalized spacial score (nSPS) is 41.4. The van der Waals surface area contributed by atoms with E-state index >= 15 is 0 Å². The predicted octanol–water partition coefficient (Wildman–Crippen LogP) is 2.89. The molecule has 0 aromatic heterocycles. The molecule has 45 heavy (non-hydrogen) atoms. The van der Waals surface area contributed by atoms with Gasteiger partial charge in [0, 0.05) is 58.8 Å². The molecule has 0 aromatic carbocycles. The van der Waals surface area contributed by atoms with E-state index in [2.05, 4.69) is 0 Å². The molecule has 0 aromatic rings. The Morgan fingerprint density at radius 2 is 1.44 bits per heavy atom. The summed E-state index contributed by atoms with van der Waals surface area (Å²) >= 11 is 0. The van der Waals surface area contributed by atoms with Crippen molar-refractivity contribution in [1.82, 2.24) is 0 Å². The van der Waals surface area contributed by atoms with Crippen LogP contribution in [0.3, 0.4) is 0 Å². The maximum Gasteiger partial charge on any atom is 0.342 e. The average Bonchev–Trinajstić information content (AvgIpc) is 3.49. The largest absolute Gasteiger partial charge is 0.462 e. The first kappa shape index (κ1) is 34.4. The number of rotatable bonds is 7. The number of ether oxygens (including phenoxy) is 7. The summed E-state index contributed by atoms with van der Waals surface area (Å²) in [5, 5.41) is 0. The van der Waals surface area contributed by atoms with E-state index in [-0.39, 0.29) is 19.3 Å². The second-order valence-corrected chi connectivity index (χ2v) is 13.0. The summed E-state index contributed by atoms with van der Waals surface area (Å²) in [6.07, 6.45) is -4.31. The SMILES string of the molecule is CCCC(=O)O[C@H]1C/C(C)=C\[C@@H]2OC(=O)[C@]3(C)O[C@]23[C@@H](OC(C)=O)[C@H]2[C@@H](C)[C@@H](OC(C)=O)C[C@H](OC(C)=O)[C@]2(C)[C@@H]1OC(C)=O. The number of fused-ring (bicyclic) bond motifs is 1. The average molecular weight is 637 g/mol. The third-order valence-corrected chi connectivity index (χ3v) is 9.74. The lowest BCUT2D eigenvalue weighted by Gasteiger charge is -2.57. The van der Waals surface area contributed by atoms with E-state index in [0.29, 0.717) is 12.0 Å². The van der Waals surface area contributed by atoms with Crippen LogP contribution in [0.4, 0.5) is 0 Å². The molecule has 0 amide bonds. The molecule has 3 fully saturated rings. The maximum absolute atomic E-state index is 13.3. The van der Waals surface area contributed by atoms with Crippen molar-refractivity contribution in [1.29, 1.82) is 0 Å². The van der Waals surface area contributed by atoms with Crippen molar-refractivity contribution in [2.24, 2.45) is 17.3 Å². The van der Waals surface area contributed by atoms with Gasteiger partial charge in [-0.1, -0.05) is 26.3 Å². The number of epoxide rings is 1. The quantitative estimate of drug-likeness (QED) is 0.173. The van der Waals surface area contributed by atoms with Gasteiger partial charge in [0.25, 0.3) is 0 Å². The van der Waals surface area contributed by atoms with Crippen LogP contribution in [-0.4, -0.2) is 83.6 Å². The van der Waals surface area contributed by atoms with E-state index in [9.17, 15) is 28.8 Å². The van der Waals surface area contributed by atoms with Crippen LogP contribution in [0.1, 0.15) is 88.0 Å². The van der Waals surface area contributed by atoms with Crippen LogP contribution < -0.4 is 0 Å². The number of carbonyl (C=O) groups is 6. The second kappa shape index (κ2) is 12.4. The Bertz CT molecular complexity index is 1290. The Morgan fingerprint density at radius 3 is 1.98 bits per heavy atom. The molecule has 13 nitrogen and oxygen atoms in total. The van der Waals surface area contributed by atoms with Crippen LogP contribution in [0.25, 0.3) is 0 Å². The third kappa shape index (κ3) is 5.95. The summed E-state index contributed by atoms with van der Waals surface area (Å²) in [5.74, 6) is -5.50. The van der Waals surface area contributed by atoms with Gasteiger partial charge in [-0.15, -0.1) is 0 Å². The first-order valence-corrected chi connectivity index (χ1v) is 15.4. The van der Waals surface area contributed by atoms with E-state index in [1.54, 1.807) is 33.8 Å². The van der Waals surface area contributed by atoms with Gasteiger partial charge in [0.05, 0.1) is 5.41 Å². The first-order chi connectivity index (χ1) is 20.9. The van der Waals surface area contributed by atoms with Gasteiger partial charge in [-0.05, 0) is 26.3 Å². The summed E-state index contributed by atoms with van der Waals surface area (Å²) in [6.45, 7) is 13.5. The van der Waals surface area contributed by atoms with E-state index in [1.807, 2.05) is 6.92 Å². The lowest BCUT2D eigenvalue weighted by Crippen LogP contribution is -2.68. The molecule has 1 saturated carbocycles. The fourth-order valence-corrected chi connectivity index (χ4v) is 7.89. The second-order valence-electron chi connectivity index (χ2n) is 13.0. The van der Waals surface area contributed by atoms with E-state index in [0.717, 1.165) is 0 Å². The first-order valence-electron chi connectivity index (χ1n) is 15.4. The van der Waals surface area contributed by atoms with Crippen molar-refractivity contribution in [3.8, 4) is 0 Å². The van der Waals surface area contributed by atoms with Crippen LogP contribution >= 0.6 is 0 Å². The molecule has 2 saturated heterocycles. The Kier molecular flexibility index (Phi) is 9.46. The van der Waals surface area contributed by atoms with Gasteiger partial charge in [-0.2, -0.15) is 0 Å². The van der Waals surface area contributed by atoms with Crippen molar-refractivity contribution in [2.75, 3.05) is 0 Å². The van der Waals surface area contributed by atoms with Gasteiger partial charge in [-0.25, -0.2) is 4.79 Å². The monoisotopic (exact) mass is 636 g/mol. The Hall–Kier alpha value is -3.48. The minimum atomic E-state index is -1.53. The number of esters is 6. The minimum absolute atomic E-state index is 0.00762. The van der Waals surface area contributed by atoms with Crippen molar-refractivity contribution in [3.63, 3.8) is 0 Å². The smallest absolute Gasteiger partial charge is 0.342 e. The lowest BCUT2D eigenvalue weighted by atomic mass is 9.52. The molecule has 1 spiro atoms. The maximum atomic E-state index is 13.3. The van der Waals surface area contributed by atoms with Crippen LogP contribution in [0.15, 0.2) is 11.6 Å². The molecule has 4 aliphatic rings. The van der Waals surface area contributed by atoms with Gasteiger partial charge >= 0.3 is 35.8 Å². The Labute approximate surface area is 262 Å².